The molecule has 0 spiro atoms. The van der Waals surface area contributed by atoms with Gasteiger partial charge in [-0.2, -0.15) is 5.10 Å². The number of hydrogen-bond donors (Lipinski definition) is 3. The molecule has 0 atom stereocenters. The number of nitrogens with zero attached hydrogens (tertiary/aromatic N) is 3. The quantitative estimate of drug-likeness (QED) is 0.511. The number of nitrogens with one attached hydrogen (secondary N) is 3. The van der Waals surface area contributed by atoms with Crippen LogP contribution >= 0.6 is 0 Å². The zero-order chi connectivity index (χ0) is 18.9. The summed E-state index contributed by atoms with van der Waals surface area (Å²) in [7, 11) is 0. The number of piperazine rings is 1. The molecule has 6 nitrogen and oxygen atoms in total. The summed E-state index contributed by atoms with van der Waals surface area (Å²) >= 11 is 0. The molecule has 1 aliphatic heterocycles. The maximum atomic E-state index is 4.41. The van der Waals surface area contributed by atoms with Crippen molar-refractivity contribution in [2.75, 3.05) is 31.5 Å². The number of hydrogen-bond acceptors (Lipinski definition) is 5. The Bertz CT molecular complexity index is 1160. The minimum atomic E-state index is 0.733. The Morgan fingerprint density at radius 1 is 1.07 bits per heavy atom. The van der Waals surface area contributed by atoms with Crippen LogP contribution in [-0.2, 0) is 0 Å². The topological polar surface area (TPSA) is 68.9 Å². The van der Waals surface area contributed by atoms with E-state index in [1.807, 2.05) is 12.1 Å². The van der Waals surface area contributed by atoms with Crippen molar-refractivity contribution >= 4 is 39.0 Å². The number of anilines is 2. The first kappa shape index (κ1) is 16.8. The van der Waals surface area contributed by atoms with Crippen LogP contribution in [0, 0.1) is 0 Å². The second-order valence-corrected chi connectivity index (χ2v) is 7.02. The smallest absolute Gasteiger partial charge is 0.178 e. The lowest BCUT2D eigenvalue weighted by Crippen LogP contribution is -2.42. The van der Waals surface area contributed by atoms with Gasteiger partial charge < -0.3 is 15.5 Å². The molecule has 0 radical (unpaired) electrons. The van der Waals surface area contributed by atoms with E-state index in [4.69, 9.17) is 0 Å². The summed E-state index contributed by atoms with van der Waals surface area (Å²) < 4.78 is 0. The summed E-state index contributed by atoms with van der Waals surface area (Å²) in [5.74, 6) is 0.733. The molecule has 4 aromatic rings. The molecule has 2 aromatic heterocycles. The molecule has 1 fully saturated rings. The monoisotopic (exact) mass is 370 g/mol. The van der Waals surface area contributed by atoms with Crippen molar-refractivity contribution in [3.63, 3.8) is 0 Å². The van der Waals surface area contributed by atoms with E-state index in [0.29, 0.717) is 0 Å². The number of aromatic amines is 1. The van der Waals surface area contributed by atoms with Crippen LogP contribution in [0.5, 0.6) is 0 Å². The Morgan fingerprint density at radius 3 is 2.86 bits per heavy atom. The van der Waals surface area contributed by atoms with Gasteiger partial charge in [0.15, 0.2) is 5.82 Å². The molecule has 0 aliphatic carbocycles. The summed E-state index contributed by atoms with van der Waals surface area (Å²) in [5, 5.41) is 16.5. The third-order valence-electron chi connectivity index (χ3n) is 5.27. The van der Waals surface area contributed by atoms with E-state index in [-0.39, 0.29) is 0 Å². The highest BCUT2D eigenvalue weighted by atomic mass is 15.2. The predicted octanol–water partition coefficient (Wildman–Crippen LogP) is 3.73. The number of rotatable bonds is 4. The highest BCUT2D eigenvalue weighted by Gasteiger charge is 2.15. The summed E-state index contributed by atoms with van der Waals surface area (Å²) in [4.78, 5) is 6.77. The number of benzene rings is 2. The highest BCUT2D eigenvalue weighted by molar-refractivity contribution is 5.96. The first-order valence-electron chi connectivity index (χ1n) is 9.53. The molecule has 2 aromatic carbocycles. The van der Waals surface area contributed by atoms with Gasteiger partial charge in [0.25, 0.3) is 0 Å². The predicted molar refractivity (Wildman–Crippen MR) is 115 cm³/mol. The normalized spacial score (nSPS) is 14.5. The highest BCUT2D eigenvalue weighted by Crippen LogP contribution is 2.30. The van der Waals surface area contributed by atoms with Gasteiger partial charge >= 0.3 is 0 Å². The Morgan fingerprint density at radius 2 is 1.96 bits per heavy atom. The molecule has 0 amide bonds. The molecule has 0 unspecified atom stereocenters. The Balaban J connectivity index is 1.47. The van der Waals surface area contributed by atoms with E-state index in [1.54, 1.807) is 6.20 Å². The zero-order valence-electron chi connectivity index (χ0n) is 15.6. The molecule has 6 heteroatoms. The number of aromatic nitrogens is 3. The third-order valence-corrected chi connectivity index (χ3v) is 5.27. The molecule has 140 valence electrons. The van der Waals surface area contributed by atoms with Crippen LogP contribution < -0.4 is 10.6 Å². The molecule has 0 saturated carbocycles. The average Bonchev–Trinajstić information content (AvgIpc) is 3.16. The standard InChI is InChI=1S/C22H22N6/c1-15(28-12-10-23-11-13-28)18-5-2-4-16-14-17(7-8-19(16)18)25-22-21-20(26-27-22)6-3-9-24-21/h2-9,14,23H,1,10-13H2,(H2,25,26,27). The Hall–Kier alpha value is -3.38. The van der Waals surface area contributed by atoms with Crippen molar-refractivity contribution in [1.29, 1.82) is 0 Å². The number of pyridine rings is 1. The molecule has 1 aliphatic rings. The summed E-state index contributed by atoms with van der Waals surface area (Å²) in [6.45, 7) is 8.37. The van der Waals surface area contributed by atoms with Crippen LogP contribution in [-0.4, -0.2) is 46.3 Å². The molecular weight excluding hydrogens is 348 g/mol. The molecule has 28 heavy (non-hydrogen) atoms. The molecule has 3 heterocycles. The van der Waals surface area contributed by atoms with Crippen LogP contribution in [0.15, 0.2) is 61.3 Å². The van der Waals surface area contributed by atoms with E-state index in [2.05, 4.69) is 73.7 Å². The fraction of sp³-hybridized carbons (Fsp3) is 0.182. The van der Waals surface area contributed by atoms with Crippen LogP contribution in [0.3, 0.4) is 0 Å². The maximum absolute atomic E-state index is 4.41. The van der Waals surface area contributed by atoms with Gasteiger partial charge in [-0.25, -0.2) is 0 Å². The first-order valence-corrected chi connectivity index (χ1v) is 9.53. The van der Waals surface area contributed by atoms with Crippen molar-refractivity contribution < 1.29 is 0 Å². The Labute approximate surface area is 163 Å². The van der Waals surface area contributed by atoms with Crippen LogP contribution in [0.1, 0.15) is 5.56 Å². The minimum absolute atomic E-state index is 0.733. The summed E-state index contributed by atoms with van der Waals surface area (Å²) in [5.41, 5.74) is 5.02. The lowest BCUT2D eigenvalue weighted by molar-refractivity contribution is 0.342. The fourth-order valence-electron chi connectivity index (χ4n) is 3.80. The van der Waals surface area contributed by atoms with Crippen molar-refractivity contribution in [3.05, 3.63) is 66.9 Å². The van der Waals surface area contributed by atoms with Crippen LogP contribution in [0.25, 0.3) is 27.5 Å². The van der Waals surface area contributed by atoms with Crippen molar-refractivity contribution in [1.82, 2.24) is 25.4 Å². The zero-order valence-corrected chi connectivity index (χ0v) is 15.6. The molecule has 1 saturated heterocycles. The second-order valence-electron chi connectivity index (χ2n) is 7.02. The molecular formula is C22H22N6. The number of fused-ring (bicyclic) bond motifs is 2. The van der Waals surface area contributed by atoms with E-state index in [9.17, 15) is 0 Å². The SMILES string of the molecule is C=C(c1cccc2cc(Nc3n[nH]c4cccnc34)ccc12)N1CCNCC1. The first-order chi connectivity index (χ1) is 13.8. The van der Waals surface area contributed by atoms with E-state index in [1.165, 1.54) is 16.3 Å². The van der Waals surface area contributed by atoms with Crippen molar-refractivity contribution in [3.8, 4) is 0 Å². The lowest BCUT2D eigenvalue weighted by Gasteiger charge is -2.31. The van der Waals surface area contributed by atoms with Crippen LogP contribution in [0.4, 0.5) is 11.5 Å². The van der Waals surface area contributed by atoms with E-state index < -0.39 is 0 Å². The third kappa shape index (κ3) is 2.97. The van der Waals surface area contributed by atoms with E-state index in [0.717, 1.165) is 54.4 Å². The van der Waals surface area contributed by atoms with Gasteiger partial charge in [-0.05, 0) is 35.0 Å². The van der Waals surface area contributed by atoms with Crippen molar-refractivity contribution in [2.45, 2.75) is 0 Å². The summed E-state index contributed by atoms with van der Waals surface area (Å²) in [6, 6.07) is 16.6. The van der Waals surface area contributed by atoms with Gasteiger partial charge in [-0.1, -0.05) is 30.8 Å². The van der Waals surface area contributed by atoms with Gasteiger partial charge in [0.1, 0.15) is 5.52 Å². The van der Waals surface area contributed by atoms with Crippen molar-refractivity contribution in [2.24, 2.45) is 0 Å². The van der Waals surface area contributed by atoms with Gasteiger partial charge in [0.05, 0.1) is 5.52 Å². The largest absolute Gasteiger partial charge is 0.369 e. The van der Waals surface area contributed by atoms with Crippen LogP contribution in [0.2, 0.25) is 0 Å². The van der Waals surface area contributed by atoms with Gasteiger partial charge in [-0.3, -0.25) is 10.1 Å². The van der Waals surface area contributed by atoms with Gasteiger partial charge in [-0.15, -0.1) is 0 Å². The molecule has 5 rings (SSSR count). The molecule has 0 bridgehead atoms. The maximum Gasteiger partial charge on any atom is 0.178 e. The average molecular weight is 370 g/mol. The number of H-pyrrole nitrogens is 1. The van der Waals surface area contributed by atoms with Gasteiger partial charge in [0.2, 0.25) is 0 Å². The van der Waals surface area contributed by atoms with Gasteiger partial charge in [0, 0.05) is 49.3 Å². The second kappa shape index (κ2) is 6.98. The lowest BCUT2D eigenvalue weighted by atomic mass is 10.0. The summed E-state index contributed by atoms with van der Waals surface area (Å²) in [6.07, 6.45) is 1.78. The van der Waals surface area contributed by atoms with E-state index >= 15 is 0 Å². The minimum Gasteiger partial charge on any atom is -0.369 e. The fourth-order valence-corrected chi connectivity index (χ4v) is 3.80. The molecule has 3 N–H and O–H groups in total. The Kier molecular flexibility index (Phi) is 4.18.